The van der Waals surface area contributed by atoms with Crippen LogP contribution in [0, 0.1) is 0 Å². The van der Waals surface area contributed by atoms with Gasteiger partial charge in [0, 0.05) is 5.56 Å². The van der Waals surface area contributed by atoms with Gasteiger partial charge in [-0.2, -0.15) is 0 Å². The molecule has 1 aliphatic heterocycles. The van der Waals surface area contributed by atoms with E-state index >= 15 is 0 Å². The average Bonchev–Trinajstić information content (AvgIpc) is 2.88. The Balaban J connectivity index is 1.99. The van der Waals surface area contributed by atoms with Crippen LogP contribution in [0.2, 0.25) is 0 Å². The van der Waals surface area contributed by atoms with Crippen molar-refractivity contribution in [3.63, 3.8) is 0 Å². The third-order valence-corrected chi connectivity index (χ3v) is 6.18. The van der Waals surface area contributed by atoms with Crippen molar-refractivity contribution >= 4 is 18.6 Å². The van der Waals surface area contributed by atoms with Gasteiger partial charge in [-0.15, -0.1) is 0 Å². The summed E-state index contributed by atoms with van der Waals surface area (Å²) < 4.78 is 19.3. The van der Waals surface area contributed by atoms with E-state index < -0.39 is 7.37 Å². The maximum Gasteiger partial charge on any atom is 0.302 e. The second-order valence-electron chi connectivity index (χ2n) is 5.09. The van der Waals surface area contributed by atoms with Gasteiger partial charge < -0.3 is 4.52 Å². The van der Waals surface area contributed by atoms with E-state index in [0.717, 1.165) is 23.7 Å². The van der Waals surface area contributed by atoms with Gasteiger partial charge in [-0.05, 0) is 30.7 Å². The Morgan fingerprint density at radius 3 is 2.29 bits per heavy atom. The molecule has 2 aromatic rings. The fraction of sp³-hybridized carbons (Fsp3) is 0.235. The molecular weight excluding hydrogens is 281 g/mol. The summed E-state index contributed by atoms with van der Waals surface area (Å²) in [5, 5.41) is 0.748. The summed E-state index contributed by atoms with van der Waals surface area (Å²) in [5.41, 5.74) is 0.882. The van der Waals surface area contributed by atoms with E-state index in [1.165, 1.54) is 0 Å². The number of nitrogens with zero attached hydrogens (tertiary/aromatic N) is 1. The molecule has 0 saturated carbocycles. The molecule has 0 aliphatic carbocycles. The number of aliphatic imine (C=N–C) groups is 1. The fourth-order valence-corrected chi connectivity index (χ4v) is 4.91. The maximum atomic E-state index is 13.4. The zero-order valence-corrected chi connectivity index (χ0v) is 12.9. The lowest BCUT2D eigenvalue weighted by Crippen LogP contribution is -2.13. The van der Waals surface area contributed by atoms with E-state index in [9.17, 15) is 4.57 Å². The van der Waals surface area contributed by atoms with E-state index in [4.69, 9.17) is 4.52 Å². The molecule has 108 valence electrons. The Morgan fingerprint density at radius 2 is 1.67 bits per heavy atom. The first-order chi connectivity index (χ1) is 10.2. The Hall–Kier alpha value is -1.86. The molecule has 21 heavy (non-hydrogen) atoms. The molecule has 2 aromatic carbocycles. The molecule has 0 saturated heterocycles. The topological polar surface area (TPSA) is 38.7 Å². The Labute approximate surface area is 125 Å². The van der Waals surface area contributed by atoms with Gasteiger partial charge in [-0.1, -0.05) is 49.7 Å². The van der Waals surface area contributed by atoms with Crippen molar-refractivity contribution in [1.82, 2.24) is 0 Å². The minimum Gasteiger partial charge on any atom is -0.420 e. The van der Waals surface area contributed by atoms with Crippen molar-refractivity contribution in [2.75, 3.05) is 0 Å². The van der Waals surface area contributed by atoms with Crippen LogP contribution in [-0.2, 0) is 9.09 Å². The summed E-state index contributed by atoms with van der Waals surface area (Å²) in [6.07, 6.45) is 1.69. The zero-order valence-electron chi connectivity index (χ0n) is 12.0. The second kappa shape index (κ2) is 5.87. The van der Waals surface area contributed by atoms with Crippen LogP contribution in [0.3, 0.4) is 0 Å². The number of benzene rings is 2. The summed E-state index contributed by atoms with van der Waals surface area (Å²) in [4.78, 5) is 4.61. The summed E-state index contributed by atoms with van der Waals surface area (Å²) >= 11 is 0. The van der Waals surface area contributed by atoms with Crippen molar-refractivity contribution in [1.29, 1.82) is 0 Å². The van der Waals surface area contributed by atoms with Gasteiger partial charge in [-0.25, -0.2) is 4.99 Å². The second-order valence-corrected chi connectivity index (χ2v) is 7.58. The fourth-order valence-electron chi connectivity index (χ4n) is 2.49. The maximum absolute atomic E-state index is 13.4. The first-order valence-corrected chi connectivity index (χ1v) is 8.91. The van der Waals surface area contributed by atoms with Crippen LogP contribution in [0.5, 0.6) is 0 Å². The van der Waals surface area contributed by atoms with Crippen LogP contribution in [-0.4, -0.2) is 11.7 Å². The number of hydrogen-bond acceptors (Lipinski definition) is 3. The number of hydrogen-bond donors (Lipinski definition) is 0. The van der Waals surface area contributed by atoms with Crippen molar-refractivity contribution in [3.05, 3.63) is 66.2 Å². The van der Waals surface area contributed by atoms with Gasteiger partial charge in [0.2, 0.25) is 5.90 Å². The first kappa shape index (κ1) is 14.1. The molecule has 0 bridgehead atoms. The predicted octanol–water partition coefficient (Wildman–Crippen LogP) is 4.19. The van der Waals surface area contributed by atoms with Gasteiger partial charge in [-0.3, -0.25) is 4.57 Å². The Kier molecular flexibility index (Phi) is 3.94. The number of rotatable bonds is 4. The van der Waals surface area contributed by atoms with Gasteiger partial charge in [0.05, 0.1) is 5.30 Å². The van der Waals surface area contributed by atoms with E-state index in [0.29, 0.717) is 5.90 Å². The highest BCUT2D eigenvalue weighted by atomic mass is 31.2. The molecular formula is C17H18NO2P. The van der Waals surface area contributed by atoms with Crippen LogP contribution in [0.25, 0.3) is 0 Å². The Bertz CT molecular complexity index is 682. The average molecular weight is 299 g/mol. The highest BCUT2D eigenvalue weighted by Crippen LogP contribution is 2.57. The molecule has 2 atom stereocenters. The van der Waals surface area contributed by atoms with Crippen LogP contribution >= 0.6 is 7.37 Å². The summed E-state index contributed by atoms with van der Waals surface area (Å²) in [6, 6.07) is 19.1. The minimum absolute atomic E-state index is 0.278. The largest absolute Gasteiger partial charge is 0.420 e. The molecule has 4 heteroatoms. The summed E-state index contributed by atoms with van der Waals surface area (Å²) in [6.45, 7) is 2.07. The van der Waals surface area contributed by atoms with E-state index in [1.54, 1.807) is 0 Å². The molecule has 2 unspecified atom stereocenters. The molecule has 0 radical (unpaired) electrons. The molecule has 0 N–H and O–H groups in total. The van der Waals surface area contributed by atoms with Crippen molar-refractivity contribution in [2.24, 2.45) is 4.99 Å². The molecule has 0 amide bonds. The van der Waals surface area contributed by atoms with Gasteiger partial charge >= 0.3 is 7.37 Å². The van der Waals surface area contributed by atoms with Gasteiger partial charge in [0.1, 0.15) is 5.78 Å². The molecule has 3 rings (SSSR count). The molecule has 1 heterocycles. The van der Waals surface area contributed by atoms with E-state index in [1.807, 2.05) is 60.7 Å². The predicted molar refractivity (Wildman–Crippen MR) is 86.4 cm³/mol. The summed E-state index contributed by atoms with van der Waals surface area (Å²) in [5.74, 6) is 0.223. The minimum atomic E-state index is -2.97. The van der Waals surface area contributed by atoms with Crippen LogP contribution in [0.1, 0.15) is 25.3 Å². The van der Waals surface area contributed by atoms with E-state index in [2.05, 4.69) is 11.9 Å². The lowest BCUT2D eigenvalue weighted by Gasteiger charge is -2.17. The molecule has 0 aromatic heterocycles. The normalized spacial score (nSPS) is 24.4. The zero-order chi connectivity index (χ0) is 14.7. The molecule has 3 nitrogen and oxygen atoms in total. The highest BCUT2D eigenvalue weighted by molar-refractivity contribution is 7.68. The standard InChI is InChI=1S/C17H18NO2P/c1-2-9-16-18-17(14-10-5-3-6-11-14)20-21(16,19)15-12-7-4-8-13-15/h3-8,10-13,16H,2,9H2,1H3. The van der Waals surface area contributed by atoms with Crippen molar-refractivity contribution in [2.45, 2.75) is 25.5 Å². The van der Waals surface area contributed by atoms with Crippen molar-refractivity contribution in [3.8, 4) is 0 Å². The van der Waals surface area contributed by atoms with Crippen LogP contribution in [0.15, 0.2) is 65.7 Å². The Morgan fingerprint density at radius 1 is 1.05 bits per heavy atom. The lowest BCUT2D eigenvalue weighted by atomic mass is 10.2. The smallest absolute Gasteiger partial charge is 0.302 e. The van der Waals surface area contributed by atoms with Crippen LogP contribution in [0.4, 0.5) is 0 Å². The summed E-state index contributed by atoms with van der Waals surface area (Å²) in [7, 11) is -2.97. The van der Waals surface area contributed by atoms with Gasteiger partial charge in [0.15, 0.2) is 0 Å². The SMILES string of the molecule is CCCC1N=C(c2ccccc2)OP1(=O)c1ccccc1. The quantitative estimate of drug-likeness (QED) is 0.794. The first-order valence-electron chi connectivity index (χ1n) is 7.22. The van der Waals surface area contributed by atoms with Gasteiger partial charge in [0.25, 0.3) is 0 Å². The van der Waals surface area contributed by atoms with Crippen molar-refractivity contribution < 1.29 is 9.09 Å². The molecule has 0 fully saturated rings. The monoisotopic (exact) mass is 299 g/mol. The van der Waals surface area contributed by atoms with E-state index in [-0.39, 0.29) is 5.78 Å². The third-order valence-electron chi connectivity index (χ3n) is 3.56. The third kappa shape index (κ3) is 2.66. The lowest BCUT2D eigenvalue weighted by molar-refractivity contribution is 0.492. The van der Waals surface area contributed by atoms with Crippen LogP contribution < -0.4 is 5.30 Å². The molecule has 1 aliphatic rings. The molecule has 0 spiro atoms. The highest BCUT2D eigenvalue weighted by Gasteiger charge is 2.43.